The molecule has 0 aliphatic heterocycles. The molecule has 0 N–H and O–H groups in total. The van der Waals surface area contributed by atoms with E-state index in [4.69, 9.17) is 4.74 Å². The molecule has 0 fully saturated rings. The normalized spacial score (nSPS) is 10.8. The molecule has 0 aromatic heterocycles. The summed E-state index contributed by atoms with van der Waals surface area (Å²) in [5.41, 5.74) is -0.0318. The number of ether oxygens (including phenoxy) is 2. The summed E-state index contributed by atoms with van der Waals surface area (Å²) in [6.45, 7) is 2.54. The Balaban J connectivity index is 2.77. The van der Waals surface area contributed by atoms with E-state index in [2.05, 4.69) is 4.74 Å². The lowest BCUT2D eigenvalue weighted by Crippen LogP contribution is -2.15. The van der Waals surface area contributed by atoms with Gasteiger partial charge in [-0.15, -0.1) is 0 Å². The van der Waals surface area contributed by atoms with Gasteiger partial charge in [-0.05, 0) is 18.6 Å². The average molecular weight is 335 g/mol. The molecule has 0 aliphatic rings. The van der Waals surface area contributed by atoms with Crippen LogP contribution in [-0.4, -0.2) is 35.9 Å². The lowest BCUT2D eigenvalue weighted by molar-refractivity contribution is -0.384. The number of Topliss-reactive ketones (excluding diaryl/α,β-unsaturated/α-hetero) is 1. The fourth-order valence-corrected chi connectivity index (χ4v) is 1.72. The maximum Gasteiger partial charge on any atom is 0.341 e. The maximum atomic E-state index is 12.0. The molecule has 0 aliphatic carbocycles. The maximum absolute atomic E-state index is 12.0. The Kier molecular flexibility index (Phi) is 7.28. The van der Waals surface area contributed by atoms with E-state index in [0.29, 0.717) is 12.0 Å². The number of hydrogen-bond donors (Lipinski definition) is 0. The van der Waals surface area contributed by atoms with E-state index in [9.17, 15) is 24.5 Å². The quantitative estimate of drug-likeness (QED) is 0.136. The van der Waals surface area contributed by atoms with Gasteiger partial charge in [-0.1, -0.05) is 12.1 Å². The van der Waals surface area contributed by atoms with Crippen LogP contribution in [0.4, 0.5) is 5.69 Å². The number of carbonyl (C=O) groups is 3. The first kappa shape index (κ1) is 19.0. The van der Waals surface area contributed by atoms with Gasteiger partial charge in [-0.2, -0.15) is 0 Å². The molecule has 0 amide bonds. The minimum Gasteiger partial charge on any atom is -0.466 e. The SMILES string of the molecule is CC(=O)OCCCOC(=O)/C(=C/c1cccc([N+](=O)[O-])c1)C(C)=O. The second-order valence-electron chi connectivity index (χ2n) is 4.80. The third-order valence-corrected chi connectivity index (χ3v) is 2.82. The second-order valence-corrected chi connectivity index (χ2v) is 4.80. The van der Waals surface area contributed by atoms with Crippen LogP contribution in [0, 0.1) is 10.1 Å². The third kappa shape index (κ3) is 6.39. The molecule has 8 heteroatoms. The predicted octanol–water partition coefficient (Wildman–Crippen LogP) is 2.06. The number of nitrogens with zero attached hydrogens (tertiary/aromatic N) is 1. The van der Waals surface area contributed by atoms with Gasteiger partial charge in [0.1, 0.15) is 5.57 Å². The molecule has 0 unspecified atom stereocenters. The molecule has 0 heterocycles. The first-order valence-corrected chi connectivity index (χ1v) is 7.09. The Morgan fingerprint density at radius 2 is 1.83 bits per heavy atom. The Bertz CT molecular complexity index is 679. The van der Waals surface area contributed by atoms with Crippen molar-refractivity contribution in [1.29, 1.82) is 0 Å². The van der Waals surface area contributed by atoms with Gasteiger partial charge >= 0.3 is 11.9 Å². The summed E-state index contributed by atoms with van der Waals surface area (Å²) in [6.07, 6.45) is 1.54. The highest BCUT2D eigenvalue weighted by Gasteiger charge is 2.16. The van der Waals surface area contributed by atoms with Gasteiger partial charge in [0.2, 0.25) is 0 Å². The summed E-state index contributed by atoms with van der Waals surface area (Å²) in [7, 11) is 0. The molecule has 0 spiro atoms. The van der Waals surface area contributed by atoms with Crippen molar-refractivity contribution in [3.05, 3.63) is 45.5 Å². The molecular weight excluding hydrogens is 318 g/mol. The molecule has 128 valence electrons. The van der Waals surface area contributed by atoms with Gasteiger partial charge in [0.05, 0.1) is 18.1 Å². The summed E-state index contributed by atoms with van der Waals surface area (Å²) in [4.78, 5) is 44.3. The lowest BCUT2D eigenvalue weighted by atomic mass is 10.1. The minimum absolute atomic E-state index is 0.0222. The number of rotatable bonds is 8. The van der Waals surface area contributed by atoms with E-state index >= 15 is 0 Å². The monoisotopic (exact) mass is 335 g/mol. The van der Waals surface area contributed by atoms with Gasteiger partial charge in [-0.25, -0.2) is 4.79 Å². The fraction of sp³-hybridized carbons (Fsp3) is 0.312. The van der Waals surface area contributed by atoms with Crippen molar-refractivity contribution < 1.29 is 28.8 Å². The second kappa shape index (κ2) is 9.19. The van der Waals surface area contributed by atoms with Crippen molar-refractivity contribution in [3.63, 3.8) is 0 Å². The zero-order valence-electron chi connectivity index (χ0n) is 13.3. The lowest BCUT2D eigenvalue weighted by Gasteiger charge is -2.06. The van der Waals surface area contributed by atoms with Crippen molar-refractivity contribution in [3.8, 4) is 0 Å². The van der Waals surface area contributed by atoms with Crippen molar-refractivity contribution in [1.82, 2.24) is 0 Å². The highest BCUT2D eigenvalue weighted by Crippen LogP contribution is 2.16. The van der Waals surface area contributed by atoms with E-state index < -0.39 is 22.6 Å². The number of non-ortho nitro benzene ring substituents is 1. The van der Waals surface area contributed by atoms with E-state index in [1.54, 1.807) is 0 Å². The molecule has 1 rings (SSSR count). The Hall–Kier alpha value is -3.03. The summed E-state index contributed by atoms with van der Waals surface area (Å²) in [5.74, 6) is -1.79. The highest BCUT2D eigenvalue weighted by atomic mass is 16.6. The van der Waals surface area contributed by atoms with E-state index in [0.717, 1.165) is 0 Å². The molecule has 24 heavy (non-hydrogen) atoms. The zero-order valence-corrected chi connectivity index (χ0v) is 13.3. The molecule has 1 aromatic rings. The standard InChI is InChI=1S/C16H17NO7/c1-11(18)15(16(20)24-8-4-7-23-12(2)19)10-13-5-3-6-14(9-13)17(21)22/h3,5-6,9-10H,4,7-8H2,1-2H3/b15-10+. The first-order valence-electron chi connectivity index (χ1n) is 7.09. The van der Waals surface area contributed by atoms with Crippen LogP contribution in [0.1, 0.15) is 25.8 Å². The van der Waals surface area contributed by atoms with Gasteiger partial charge in [-0.3, -0.25) is 19.7 Å². The third-order valence-electron chi connectivity index (χ3n) is 2.82. The van der Waals surface area contributed by atoms with Crippen LogP contribution < -0.4 is 0 Å². The molecule has 8 nitrogen and oxygen atoms in total. The van der Waals surface area contributed by atoms with Gasteiger partial charge in [0, 0.05) is 25.5 Å². The average Bonchev–Trinajstić information content (AvgIpc) is 2.51. The molecule has 0 radical (unpaired) electrons. The van der Waals surface area contributed by atoms with E-state index in [1.165, 1.54) is 44.2 Å². The summed E-state index contributed by atoms with van der Waals surface area (Å²) in [6, 6.07) is 5.53. The van der Waals surface area contributed by atoms with Gasteiger partial charge in [0.25, 0.3) is 5.69 Å². The number of nitro benzene ring substituents is 1. The minimum atomic E-state index is -0.836. The number of esters is 2. The van der Waals surface area contributed by atoms with Gasteiger partial charge in [0.15, 0.2) is 5.78 Å². The molecule has 0 atom stereocenters. The number of carbonyl (C=O) groups excluding carboxylic acids is 3. The predicted molar refractivity (Wildman–Crippen MR) is 84.0 cm³/mol. The molecule has 0 saturated carbocycles. The van der Waals surface area contributed by atoms with E-state index in [-0.39, 0.29) is 24.5 Å². The molecule has 0 bridgehead atoms. The Morgan fingerprint density at radius 3 is 2.42 bits per heavy atom. The van der Waals surface area contributed by atoms with Crippen LogP contribution in [0.25, 0.3) is 6.08 Å². The summed E-state index contributed by atoms with van der Waals surface area (Å²) in [5, 5.41) is 10.7. The first-order chi connectivity index (χ1) is 11.3. The Morgan fingerprint density at radius 1 is 1.17 bits per heavy atom. The molecule has 0 saturated heterocycles. The van der Waals surface area contributed by atoms with E-state index in [1.807, 2.05) is 0 Å². The van der Waals surface area contributed by atoms with Crippen LogP contribution in [0.3, 0.4) is 0 Å². The fourth-order valence-electron chi connectivity index (χ4n) is 1.72. The van der Waals surface area contributed by atoms with Crippen molar-refractivity contribution >= 4 is 29.5 Å². The van der Waals surface area contributed by atoms with Crippen molar-refractivity contribution in [2.45, 2.75) is 20.3 Å². The van der Waals surface area contributed by atoms with Crippen LogP contribution >= 0.6 is 0 Å². The number of hydrogen-bond acceptors (Lipinski definition) is 7. The van der Waals surface area contributed by atoms with Crippen molar-refractivity contribution in [2.75, 3.05) is 13.2 Å². The molecule has 1 aromatic carbocycles. The summed E-state index contributed by atoms with van der Waals surface area (Å²) >= 11 is 0. The largest absolute Gasteiger partial charge is 0.466 e. The highest BCUT2D eigenvalue weighted by molar-refractivity contribution is 6.19. The van der Waals surface area contributed by atoms with Crippen LogP contribution in [0.15, 0.2) is 29.8 Å². The smallest absolute Gasteiger partial charge is 0.341 e. The topological polar surface area (TPSA) is 113 Å². The van der Waals surface area contributed by atoms with Crippen LogP contribution in [0.2, 0.25) is 0 Å². The van der Waals surface area contributed by atoms with Crippen molar-refractivity contribution in [2.24, 2.45) is 0 Å². The van der Waals surface area contributed by atoms with Gasteiger partial charge < -0.3 is 9.47 Å². The Labute approximate surface area is 138 Å². The van der Waals surface area contributed by atoms with Crippen LogP contribution in [0.5, 0.6) is 0 Å². The number of nitro groups is 1. The number of ketones is 1. The molecular formula is C16H17NO7. The number of benzene rings is 1. The van der Waals surface area contributed by atoms with Crippen LogP contribution in [-0.2, 0) is 23.9 Å². The zero-order chi connectivity index (χ0) is 18.1. The summed E-state index contributed by atoms with van der Waals surface area (Å²) < 4.78 is 9.63.